The Bertz CT molecular complexity index is 375. The largest absolute Gasteiger partial charge is 0.481 e. The third-order valence-corrected chi connectivity index (χ3v) is 2.17. The number of hydrogen-bond acceptors (Lipinski definition) is 4. The van der Waals surface area contributed by atoms with Crippen molar-refractivity contribution in [2.24, 2.45) is 4.99 Å². The molecule has 0 spiro atoms. The van der Waals surface area contributed by atoms with Gasteiger partial charge >= 0.3 is 0 Å². The fourth-order valence-corrected chi connectivity index (χ4v) is 1.41. The molecule has 1 aromatic heterocycles. The van der Waals surface area contributed by atoms with Gasteiger partial charge in [-0.2, -0.15) is 4.99 Å². The molecule has 0 fully saturated rings. The first-order valence-corrected chi connectivity index (χ1v) is 4.74. The molecule has 5 heteroatoms. The first kappa shape index (κ1) is 10.9. The van der Waals surface area contributed by atoms with Crippen LogP contribution in [0.25, 0.3) is 0 Å². The first-order chi connectivity index (χ1) is 6.69. The number of aromatic nitrogens is 1. The lowest BCUT2D eigenvalue weighted by molar-refractivity contribution is 0.389. The van der Waals surface area contributed by atoms with Gasteiger partial charge in [-0.1, -0.05) is 0 Å². The number of aliphatic imine (C=N–C) groups is 1. The summed E-state index contributed by atoms with van der Waals surface area (Å²) in [5.74, 6) is 0.472. The third-order valence-electron chi connectivity index (χ3n) is 1.74. The standard InChI is InChI=1S/C9H9BrN2O2/c1-6(12-5-13)8-3-7(10)4-11-9(8)14-2/h3-4,6H,1-2H3. The van der Waals surface area contributed by atoms with Crippen LogP contribution in [0.1, 0.15) is 18.5 Å². The van der Waals surface area contributed by atoms with E-state index in [1.165, 1.54) is 13.2 Å². The molecule has 1 aromatic rings. The summed E-state index contributed by atoms with van der Waals surface area (Å²) in [5, 5.41) is 0. The zero-order chi connectivity index (χ0) is 10.6. The number of nitrogens with zero attached hydrogens (tertiary/aromatic N) is 2. The van der Waals surface area contributed by atoms with Gasteiger partial charge in [0.15, 0.2) is 0 Å². The second-order valence-corrected chi connectivity index (χ2v) is 3.56. The van der Waals surface area contributed by atoms with Crippen LogP contribution in [0.2, 0.25) is 0 Å². The van der Waals surface area contributed by atoms with Gasteiger partial charge in [-0.3, -0.25) is 0 Å². The predicted molar refractivity (Wildman–Crippen MR) is 55.0 cm³/mol. The van der Waals surface area contributed by atoms with Crippen LogP contribution >= 0.6 is 15.9 Å². The van der Waals surface area contributed by atoms with Gasteiger partial charge in [0.2, 0.25) is 12.0 Å². The molecule has 0 saturated carbocycles. The monoisotopic (exact) mass is 256 g/mol. The van der Waals surface area contributed by atoms with E-state index in [9.17, 15) is 4.79 Å². The minimum atomic E-state index is -0.299. The van der Waals surface area contributed by atoms with Crippen LogP contribution in [-0.2, 0) is 4.79 Å². The van der Waals surface area contributed by atoms with Crippen molar-refractivity contribution in [2.75, 3.05) is 7.11 Å². The average Bonchev–Trinajstić information content (AvgIpc) is 2.18. The van der Waals surface area contributed by atoms with E-state index >= 15 is 0 Å². The summed E-state index contributed by atoms with van der Waals surface area (Å²) in [5.41, 5.74) is 0.755. The second-order valence-electron chi connectivity index (χ2n) is 2.65. The molecule has 0 amide bonds. The Morgan fingerprint density at radius 3 is 3.00 bits per heavy atom. The number of carbonyl (C=O) groups excluding carboxylic acids is 1. The number of hydrogen-bond donors (Lipinski definition) is 0. The van der Waals surface area contributed by atoms with Gasteiger partial charge in [-0.05, 0) is 28.9 Å². The highest BCUT2D eigenvalue weighted by atomic mass is 79.9. The van der Waals surface area contributed by atoms with E-state index in [0.717, 1.165) is 10.0 Å². The molecule has 4 nitrogen and oxygen atoms in total. The zero-order valence-corrected chi connectivity index (χ0v) is 9.41. The Morgan fingerprint density at radius 2 is 2.43 bits per heavy atom. The first-order valence-electron chi connectivity index (χ1n) is 3.95. The van der Waals surface area contributed by atoms with Crippen LogP contribution < -0.4 is 4.74 Å². The third kappa shape index (κ3) is 2.40. The summed E-state index contributed by atoms with van der Waals surface area (Å²) < 4.78 is 5.87. The molecule has 0 aromatic carbocycles. The second kappa shape index (κ2) is 4.88. The van der Waals surface area contributed by atoms with E-state index in [0.29, 0.717) is 5.88 Å². The molecule has 74 valence electrons. The van der Waals surface area contributed by atoms with E-state index in [4.69, 9.17) is 4.74 Å². The van der Waals surface area contributed by atoms with Gasteiger partial charge in [-0.25, -0.2) is 9.78 Å². The molecule has 1 rings (SSSR count). The van der Waals surface area contributed by atoms with E-state index in [-0.39, 0.29) is 6.04 Å². The fraction of sp³-hybridized carbons (Fsp3) is 0.333. The number of rotatable bonds is 3. The van der Waals surface area contributed by atoms with Crippen LogP contribution in [0.15, 0.2) is 21.7 Å². The highest BCUT2D eigenvalue weighted by Crippen LogP contribution is 2.27. The SMILES string of the molecule is COc1ncc(Br)cc1C(C)N=C=O. The molecule has 14 heavy (non-hydrogen) atoms. The van der Waals surface area contributed by atoms with Crippen molar-refractivity contribution in [3.8, 4) is 5.88 Å². The smallest absolute Gasteiger partial charge is 0.235 e. The number of ether oxygens (including phenoxy) is 1. The molecule has 0 N–H and O–H groups in total. The number of pyridine rings is 1. The van der Waals surface area contributed by atoms with E-state index in [2.05, 4.69) is 25.9 Å². The average molecular weight is 257 g/mol. The van der Waals surface area contributed by atoms with E-state index < -0.39 is 0 Å². The van der Waals surface area contributed by atoms with Crippen molar-refractivity contribution in [3.63, 3.8) is 0 Å². The Morgan fingerprint density at radius 1 is 1.71 bits per heavy atom. The normalized spacial score (nSPS) is 11.6. The summed E-state index contributed by atoms with van der Waals surface area (Å²) in [4.78, 5) is 17.7. The number of halogens is 1. The molecule has 0 aliphatic carbocycles. The van der Waals surface area contributed by atoms with Crippen molar-refractivity contribution < 1.29 is 9.53 Å². The Balaban J connectivity index is 3.15. The number of methoxy groups -OCH3 is 1. The Kier molecular flexibility index (Phi) is 3.80. The molecule has 0 aliphatic heterocycles. The van der Waals surface area contributed by atoms with Crippen LogP contribution in [-0.4, -0.2) is 18.2 Å². The van der Waals surface area contributed by atoms with Gasteiger partial charge in [0.05, 0.1) is 13.2 Å². The summed E-state index contributed by atoms with van der Waals surface area (Å²) in [6.07, 6.45) is 3.14. The van der Waals surface area contributed by atoms with Gasteiger partial charge in [0.1, 0.15) is 0 Å². The van der Waals surface area contributed by atoms with E-state index in [1.54, 1.807) is 13.1 Å². The summed E-state index contributed by atoms with van der Waals surface area (Å²) in [6, 6.07) is 1.52. The molecular formula is C9H9BrN2O2. The van der Waals surface area contributed by atoms with Crippen molar-refractivity contribution in [2.45, 2.75) is 13.0 Å². The highest BCUT2D eigenvalue weighted by Gasteiger charge is 2.11. The maximum Gasteiger partial charge on any atom is 0.235 e. The van der Waals surface area contributed by atoms with Gasteiger partial charge in [0.25, 0.3) is 0 Å². The minimum Gasteiger partial charge on any atom is -0.481 e. The molecule has 0 aliphatic rings. The quantitative estimate of drug-likeness (QED) is 0.616. The molecule has 1 unspecified atom stereocenters. The highest BCUT2D eigenvalue weighted by molar-refractivity contribution is 9.10. The van der Waals surface area contributed by atoms with Crippen molar-refractivity contribution in [1.82, 2.24) is 4.98 Å². The Hall–Kier alpha value is -1.19. The van der Waals surface area contributed by atoms with Gasteiger partial charge < -0.3 is 4.74 Å². The minimum absolute atomic E-state index is 0.299. The van der Waals surface area contributed by atoms with Crippen LogP contribution in [0.5, 0.6) is 5.88 Å². The van der Waals surface area contributed by atoms with Gasteiger partial charge in [-0.15, -0.1) is 0 Å². The lowest BCUT2D eigenvalue weighted by atomic mass is 10.1. The molecule has 1 atom stereocenters. The van der Waals surface area contributed by atoms with Crippen LogP contribution in [0.3, 0.4) is 0 Å². The van der Waals surface area contributed by atoms with Crippen molar-refractivity contribution in [3.05, 3.63) is 22.3 Å². The van der Waals surface area contributed by atoms with Crippen LogP contribution in [0, 0.1) is 0 Å². The zero-order valence-electron chi connectivity index (χ0n) is 7.82. The topological polar surface area (TPSA) is 51.6 Å². The summed E-state index contributed by atoms with van der Waals surface area (Å²) in [6.45, 7) is 1.77. The van der Waals surface area contributed by atoms with Gasteiger partial charge in [0, 0.05) is 16.2 Å². The molecule has 0 bridgehead atoms. The summed E-state index contributed by atoms with van der Waals surface area (Å²) in [7, 11) is 1.52. The van der Waals surface area contributed by atoms with E-state index in [1.807, 2.05) is 6.07 Å². The predicted octanol–water partition coefficient (Wildman–Crippen LogP) is 2.25. The Labute approximate surface area is 90.1 Å². The number of isocyanates is 1. The van der Waals surface area contributed by atoms with Crippen molar-refractivity contribution in [1.29, 1.82) is 0 Å². The summed E-state index contributed by atoms with van der Waals surface area (Å²) >= 11 is 3.29. The molecular weight excluding hydrogens is 248 g/mol. The fourth-order valence-electron chi connectivity index (χ4n) is 1.06. The maximum atomic E-state index is 10.1. The lowest BCUT2D eigenvalue weighted by Gasteiger charge is -2.09. The molecule has 0 saturated heterocycles. The van der Waals surface area contributed by atoms with Crippen molar-refractivity contribution >= 4 is 22.0 Å². The van der Waals surface area contributed by atoms with Crippen LogP contribution in [0.4, 0.5) is 0 Å². The molecule has 0 radical (unpaired) electrons. The lowest BCUT2D eigenvalue weighted by Crippen LogP contribution is -1.97. The maximum absolute atomic E-state index is 10.1. The molecule has 1 heterocycles.